The van der Waals surface area contributed by atoms with E-state index < -0.39 is 4.92 Å². The molecule has 0 aliphatic rings. The topological polar surface area (TPSA) is 90.2 Å². The van der Waals surface area contributed by atoms with Crippen molar-refractivity contribution in [3.8, 4) is 11.8 Å². The predicted molar refractivity (Wildman–Crippen MR) is 77.6 cm³/mol. The fourth-order valence-electron chi connectivity index (χ4n) is 1.58. The van der Waals surface area contributed by atoms with Crippen molar-refractivity contribution < 1.29 is 9.66 Å². The molecule has 0 fully saturated rings. The Balaban J connectivity index is 2.18. The fraction of sp³-hybridized carbons (Fsp3) is 0.231. The van der Waals surface area contributed by atoms with Crippen LogP contribution in [-0.4, -0.2) is 21.4 Å². The van der Waals surface area contributed by atoms with E-state index >= 15 is 0 Å². The van der Waals surface area contributed by atoms with Crippen LogP contribution in [0.15, 0.2) is 30.6 Å². The van der Waals surface area contributed by atoms with Gasteiger partial charge in [-0.05, 0) is 12.6 Å². The zero-order chi connectivity index (χ0) is 15.2. The quantitative estimate of drug-likeness (QED) is 0.651. The number of nitro benzene ring substituents is 1. The lowest BCUT2D eigenvalue weighted by atomic mass is 10.3. The van der Waals surface area contributed by atoms with E-state index in [4.69, 9.17) is 16.3 Å². The second kappa shape index (κ2) is 6.96. The molecule has 0 radical (unpaired) electrons. The van der Waals surface area contributed by atoms with Gasteiger partial charge in [0.05, 0.1) is 4.92 Å². The summed E-state index contributed by atoms with van der Waals surface area (Å²) in [4.78, 5) is 18.4. The number of hydrogen-bond donors (Lipinski definition) is 1. The van der Waals surface area contributed by atoms with Crippen LogP contribution in [0.25, 0.3) is 0 Å². The Morgan fingerprint density at radius 3 is 2.71 bits per heavy atom. The minimum Gasteiger partial charge on any atom is -0.417 e. The number of nitrogens with one attached hydrogen (secondary N) is 1. The van der Waals surface area contributed by atoms with Gasteiger partial charge in [0, 0.05) is 41.7 Å². The maximum atomic E-state index is 10.9. The third kappa shape index (κ3) is 4.11. The molecule has 0 amide bonds. The first-order valence-electron chi connectivity index (χ1n) is 6.23. The van der Waals surface area contributed by atoms with Gasteiger partial charge in [0.1, 0.15) is 0 Å². The van der Waals surface area contributed by atoms with Crippen LogP contribution in [-0.2, 0) is 6.54 Å². The second-order valence-electron chi connectivity index (χ2n) is 4.13. The molecule has 2 aromatic rings. The zero-order valence-electron chi connectivity index (χ0n) is 11.2. The van der Waals surface area contributed by atoms with Gasteiger partial charge < -0.3 is 10.1 Å². The highest BCUT2D eigenvalue weighted by Gasteiger charge is 2.17. The molecule has 0 spiro atoms. The third-order valence-electron chi connectivity index (χ3n) is 2.58. The standard InChI is InChI=1S/C13H13ClN4O3/c1-2-15-6-9-7-16-13(17-8-9)21-12-5-10(14)3-4-11(12)18(19)20/h3-5,7-8,15H,2,6H2,1H3. The summed E-state index contributed by atoms with van der Waals surface area (Å²) in [5, 5.41) is 14.4. The molecular formula is C13H13ClN4O3. The van der Waals surface area contributed by atoms with Gasteiger partial charge in [-0.15, -0.1) is 0 Å². The number of nitrogens with zero attached hydrogens (tertiary/aromatic N) is 3. The Kier molecular flexibility index (Phi) is 5.02. The van der Waals surface area contributed by atoms with Crippen molar-refractivity contribution in [1.82, 2.24) is 15.3 Å². The summed E-state index contributed by atoms with van der Waals surface area (Å²) in [6.45, 7) is 3.48. The molecule has 0 unspecified atom stereocenters. The van der Waals surface area contributed by atoms with Crippen LogP contribution in [0.3, 0.4) is 0 Å². The van der Waals surface area contributed by atoms with E-state index in [9.17, 15) is 10.1 Å². The fourth-order valence-corrected chi connectivity index (χ4v) is 1.74. The molecule has 1 aromatic heterocycles. The Morgan fingerprint density at radius 1 is 1.38 bits per heavy atom. The molecule has 0 saturated carbocycles. The van der Waals surface area contributed by atoms with Gasteiger partial charge in [-0.2, -0.15) is 0 Å². The number of hydrogen-bond acceptors (Lipinski definition) is 6. The molecule has 0 aliphatic heterocycles. The summed E-state index contributed by atoms with van der Waals surface area (Å²) >= 11 is 5.82. The number of nitro groups is 1. The average molecular weight is 309 g/mol. The summed E-state index contributed by atoms with van der Waals surface area (Å²) < 4.78 is 5.34. The van der Waals surface area contributed by atoms with Gasteiger partial charge in [0.2, 0.25) is 5.75 Å². The normalized spacial score (nSPS) is 10.4. The summed E-state index contributed by atoms with van der Waals surface area (Å²) in [6, 6.07) is 4.08. The SMILES string of the molecule is CCNCc1cnc(Oc2cc(Cl)ccc2[N+](=O)[O-])nc1. The Labute approximate surface area is 126 Å². The highest BCUT2D eigenvalue weighted by Crippen LogP contribution is 2.32. The second-order valence-corrected chi connectivity index (χ2v) is 4.56. The van der Waals surface area contributed by atoms with Gasteiger partial charge in [-0.1, -0.05) is 18.5 Å². The van der Waals surface area contributed by atoms with Crippen molar-refractivity contribution in [3.05, 3.63) is 51.3 Å². The molecule has 21 heavy (non-hydrogen) atoms. The van der Waals surface area contributed by atoms with Crippen molar-refractivity contribution in [2.45, 2.75) is 13.5 Å². The summed E-state index contributed by atoms with van der Waals surface area (Å²) in [5.74, 6) is 0.00642. The molecule has 110 valence electrons. The summed E-state index contributed by atoms with van der Waals surface area (Å²) in [7, 11) is 0. The van der Waals surface area contributed by atoms with Gasteiger partial charge in [-0.25, -0.2) is 9.97 Å². The largest absolute Gasteiger partial charge is 0.417 e. The Hall–Kier alpha value is -2.25. The minimum absolute atomic E-state index is 0.00642. The first-order chi connectivity index (χ1) is 10.1. The molecule has 1 heterocycles. The molecule has 0 aliphatic carbocycles. The van der Waals surface area contributed by atoms with Gasteiger partial charge >= 0.3 is 11.7 Å². The number of benzene rings is 1. The molecule has 0 saturated heterocycles. The van der Waals surface area contributed by atoms with E-state index in [-0.39, 0.29) is 17.4 Å². The van der Waals surface area contributed by atoms with E-state index in [0.717, 1.165) is 12.1 Å². The molecular weight excluding hydrogens is 296 g/mol. The lowest BCUT2D eigenvalue weighted by Crippen LogP contribution is -2.12. The summed E-state index contributed by atoms with van der Waals surface area (Å²) in [5.41, 5.74) is 0.699. The summed E-state index contributed by atoms with van der Waals surface area (Å²) in [6.07, 6.45) is 3.20. The van der Waals surface area contributed by atoms with Crippen molar-refractivity contribution in [2.75, 3.05) is 6.54 Å². The monoisotopic (exact) mass is 308 g/mol. The predicted octanol–water partition coefficient (Wildman–Crippen LogP) is 2.94. The van der Waals surface area contributed by atoms with Gasteiger partial charge in [0.25, 0.3) is 0 Å². The number of aromatic nitrogens is 2. The van der Waals surface area contributed by atoms with Crippen LogP contribution >= 0.6 is 11.6 Å². The number of halogens is 1. The van der Waals surface area contributed by atoms with Gasteiger partial charge in [0.15, 0.2) is 0 Å². The van der Waals surface area contributed by atoms with Crippen LogP contribution in [0.4, 0.5) is 5.69 Å². The lowest BCUT2D eigenvalue weighted by molar-refractivity contribution is -0.385. The van der Waals surface area contributed by atoms with E-state index in [1.54, 1.807) is 12.4 Å². The highest BCUT2D eigenvalue weighted by molar-refractivity contribution is 6.30. The van der Waals surface area contributed by atoms with Crippen LogP contribution in [0.1, 0.15) is 12.5 Å². The highest BCUT2D eigenvalue weighted by atomic mass is 35.5. The molecule has 0 bridgehead atoms. The Bertz CT molecular complexity index is 634. The van der Waals surface area contributed by atoms with E-state index in [1.165, 1.54) is 18.2 Å². The smallest absolute Gasteiger partial charge is 0.322 e. The van der Waals surface area contributed by atoms with Crippen molar-refractivity contribution in [3.63, 3.8) is 0 Å². The molecule has 8 heteroatoms. The maximum absolute atomic E-state index is 10.9. The van der Waals surface area contributed by atoms with Gasteiger partial charge in [-0.3, -0.25) is 10.1 Å². The number of rotatable bonds is 6. The Morgan fingerprint density at radius 2 is 2.10 bits per heavy atom. The van der Waals surface area contributed by atoms with Crippen molar-refractivity contribution in [2.24, 2.45) is 0 Å². The number of ether oxygens (including phenoxy) is 1. The molecule has 2 rings (SSSR count). The first kappa shape index (κ1) is 15.1. The lowest BCUT2D eigenvalue weighted by Gasteiger charge is -2.06. The first-order valence-corrected chi connectivity index (χ1v) is 6.61. The van der Waals surface area contributed by atoms with Crippen molar-refractivity contribution >= 4 is 17.3 Å². The minimum atomic E-state index is -0.550. The van der Waals surface area contributed by atoms with Crippen molar-refractivity contribution in [1.29, 1.82) is 0 Å². The van der Waals surface area contributed by atoms with Crippen LogP contribution in [0, 0.1) is 10.1 Å². The van der Waals surface area contributed by atoms with E-state index in [2.05, 4.69) is 15.3 Å². The third-order valence-corrected chi connectivity index (χ3v) is 2.82. The maximum Gasteiger partial charge on any atom is 0.322 e. The van der Waals surface area contributed by atoms with Crippen LogP contribution in [0.5, 0.6) is 11.8 Å². The average Bonchev–Trinajstić information content (AvgIpc) is 2.46. The molecule has 7 nitrogen and oxygen atoms in total. The molecule has 1 N–H and O–H groups in total. The molecule has 0 atom stereocenters. The van der Waals surface area contributed by atoms with Crippen LogP contribution in [0.2, 0.25) is 5.02 Å². The van der Waals surface area contributed by atoms with E-state index in [0.29, 0.717) is 11.6 Å². The van der Waals surface area contributed by atoms with E-state index in [1.807, 2.05) is 6.92 Å². The molecule has 1 aromatic carbocycles. The zero-order valence-corrected chi connectivity index (χ0v) is 12.0. The van der Waals surface area contributed by atoms with Crippen LogP contribution < -0.4 is 10.1 Å².